The predicted octanol–water partition coefficient (Wildman–Crippen LogP) is 1.39. The lowest BCUT2D eigenvalue weighted by Crippen LogP contribution is -2.33. The van der Waals surface area contributed by atoms with E-state index in [2.05, 4.69) is 39.3 Å². The lowest BCUT2D eigenvalue weighted by molar-refractivity contribution is -0.0511. The van der Waals surface area contributed by atoms with Gasteiger partial charge in [-0.25, -0.2) is 15.0 Å². The summed E-state index contributed by atoms with van der Waals surface area (Å²) in [6.45, 7) is 1.74. The second kappa shape index (κ2) is 8.42. The van der Waals surface area contributed by atoms with E-state index >= 15 is 0 Å². The smallest absolute Gasteiger partial charge is 0.167 e. The number of aliphatic hydroxyl groups is 3. The number of aliphatic hydroxyl groups excluding tert-OH is 3. The van der Waals surface area contributed by atoms with Crippen LogP contribution in [0.5, 0.6) is 0 Å². The van der Waals surface area contributed by atoms with E-state index in [0.29, 0.717) is 17.0 Å². The number of aromatic nitrogens is 4. The molecule has 3 aromatic rings. The highest BCUT2D eigenvalue weighted by molar-refractivity contribution is 5.83. The minimum absolute atomic E-state index is 0.0679. The molecule has 0 amide bonds. The zero-order valence-corrected chi connectivity index (χ0v) is 16.1. The third kappa shape index (κ3) is 3.69. The Balaban J connectivity index is 1.66. The van der Waals surface area contributed by atoms with Gasteiger partial charge in [-0.3, -0.25) is 4.57 Å². The van der Waals surface area contributed by atoms with Crippen LogP contribution in [0, 0.1) is 0 Å². The molecule has 1 aromatic carbocycles. The normalized spacial score (nSPS) is 25.4. The van der Waals surface area contributed by atoms with Crippen molar-refractivity contribution in [3.05, 3.63) is 48.5 Å². The Bertz CT molecular complexity index is 950. The van der Waals surface area contributed by atoms with Crippen molar-refractivity contribution in [3.8, 4) is 0 Å². The zero-order valence-electron chi connectivity index (χ0n) is 16.1. The van der Waals surface area contributed by atoms with E-state index < -0.39 is 24.5 Å². The van der Waals surface area contributed by atoms with Crippen molar-refractivity contribution in [1.82, 2.24) is 19.5 Å². The van der Waals surface area contributed by atoms with Gasteiger partial charge in [0.25, 0.3) is 0 Å². The summed E-state index contributed by atoms with van der Waals surface area (Å²) in [6.07, 6.45) is 0.708. The van der Waals surface area contributed by atoms with Crippen LogP contribution in [-0.4, -0.2) is 59.8 Å². The maximum Gasteiger partial charge on any atom is 0.167 e. The van der Waals surface area contributed by atoms with Crippen LogP contribution in [0.2, 0.25) is 0 Å². The molecule has 29 heavy (non-hydrogen) atoms. The molecule has 2 aromatic heterocycles. The molecule has 3 heterocycles. The van der Waals surface area contributed by atoms with Crippen LogP contribution >= 0.6 is 0 Å². The Kier molecular flexibility index (Phi) is 5.72. The van der Waals surface area contributed by atoms with Gasteiger partial charge in [-0.2, -0.15) is 0 Å². The number of imidazole rings is 1. The Morgan fingerprint density at radius 2 is 1.93 bits per heavy atom. The predicted molar refractivity (Wildman–Crippen MR) is 106 cm³/mol. The van der Waals surface area contributed by atoms with Gasteiger partial charge in [-0.05, 0) is 12.0 Å². The molecule has 1 aliphatic rings. The summed E-state index contributed by atoms with van der Waals surface area (Å²) in [5.41, 5.74) is 2.17. The molecule has 0 bridgehead atoms. The molecule has 0 radical (unpaired) electrons. The van der Waals surface area contributed by atoms with E-state index in [1.807, 2.05) is 18.2 Å². The number of ether oxygens (including phenoxy) is 1. The Hall–Kier alpha value is -2.59. The molecule has 0 saturated carbocycles. The minimum Gasteiger partial charge on any atom is -0.394 e. The molecule has 9 heteroatoms. The van der Waals surface area contributed by atoms with Crippen LogP contribution in [0.3, 0.4) is 0 Å². The topological polar surface area (TPSA) is 126 Å². The number of nitrogens with one attached hydrogen (secondary N) is 1. The molecule has 9 nitrogen and oxygen atoms in total. The number of nitrogens with zero attached hydrogens (tertiary/aromatic N) is 4. The molecule has 1 saturated heterocycles. The van der Waals surface area contributed by atoms with Crippen molar-refractivity contribution in [2.45, 2.75) is 50.3 Å². The van der Waals surface area contributed by atoms with Gasteiger partial charge in [-0.1, -0.05) is 43.7 Å². The first-order chi connectivity index (χ1) is 14.1. The number of anilines is 1. The summed E-state index contributed by atoms with van der Waals surface area (Å²) in [5.74, 6) is 0.586. The maximum atomic E-state index is 10.3. The first-order valence-electron chi connectivity index (χ1n) is 9.75. The van der Waals surface area contributed by atoms with Crippen LogP contribution < -0.4 is 5.32 Å². The molecule has 4 rings (SSSR count). The SMILES string of the molecule is CCCC(Nc1ncnc2c1ncn2[C@@H]1O[C@H](CO)[C@H](O)[C@@H]1O)c1ccccc1. The van der Waals surface area contributed by atoms with Gasteiger partial charge < -0.3 is 25.4 Å². The van der Waals surface area contributed by atoms with Crippen LogP contribution in [-0.2, 0) is 4.74 Å². The zero-order chi connectivity index (χ0) is 20.4. The van der Waals surface area contributed by atoms with Crippen molar-refractivity contribution in [2.75, 3.05) is 11.9 Å². The Morgan fingerprint density at radius 3 is 2.62 bits per heavy atom. The third-order valence-corrected chi connectivity index (χ3v) is 5.24. The van der Waals surface area contributed by atoms with E-state index in [1.54, 1.807) is 4.57 Å². The van der Waals surface area contributed by atoms with Crippen LogP contribution in [0.4, 0.5) is 5.82 Å². The van der Waals surface area contributed by atoms with Gasteiger partial charge in [0.2, 0.25) is 0 Å². The lowest BCUT2D eigenvalue weighted by atomic mass is 10.0. The maximum absolute atomic E-state index is 10.3. The quantitative estimate of drug-likeness (QED) is 0.470. The van der Waals surface area contributed by atoms with Gasteiger partial charge in [0, 0.05) is 0 Å². The highest BCUT2D eigenvalue weighted by atomic mass is 16.6. The molecule has 0 aliphatic carbocycles. The molecule has 0 spiro atoms. The summed E-state index contributed by atoms with van der Waals surface area (Å²) >= 11 is 0. The van der Waals surface area contributed by atoms with Gasteiger partial charge in [-0.15, -0.1) is 0 Å². The molecular formula is C20H25N5O4. The van der Waals surface area contributed by atoms with Crippen molar-refractivity contribution in [3.63, 3.8) is 0 Å². The first-order valence-corrected chi connectivity index (χ1v) is 9.75. The fourth-order valence-electron chi connectivity index (χ4n) is 3.71. The van der Waals surface area contributed by atoms with Gasteiger partial charge in [0.05, 0.1) is 19.0 Å². The number of hydrogen-bond donors (Lipinski definition) is 4. The van der Waals surface area contributed by atoms with E-state index in [1.165, 1.54) is 12.7 Å². The molecule has 5 atom stereocenters. The fraction of sp³-hybridized carbons (Fsp3) is 0.450. The number of benzene rings is 1. The van der Waals surface area contributed by atoms with E-state index in [4.69, 9.17) is 4.74 Å². The number of hydrogen-bond acceptors (Lipinski definition) is 8. The van der Waals surface area contributed by atoms with Crippen LogP contribution in [0.1, 0.15) is 37.6 Å². The second-order valence-electron chi connectivity index (χ2n) is 7.17. The van der Waals surface area contributed by atoms with Gasteiger partial charge in [0.1, 0.15) is 24.6 Å². The largest absolute Gasteiger partial charge is 0.394 e. The van der Waals surface area contributed by atoms with Crippen molar-refractivity contribution < 1.29 is 20.1 Å². The average molecular weight is 399 g/mol. The highest BCUT2D eigenvalue weighted by Crippen LogP contribution is 2.33. The van der Waals surface area contributed by atoms with Crippen molar-refractivity contribution in [2.24, 2.45) is 0 Å². The van der Waals surface area contributed by atoms with Crippen LogP contribution in [0.25, 0.3) is 11.2 Å². The van der Waals surface area contributed by atoms with Crippen molar-refractivity contribution >= 4 is 17.0 Å². The Labute approximate surface area is 168 Å². The summed E-state index contributed by atoms with van der Waals surface area (Å²) in [4.78, 5) is 13.1. The molecule has 1 unspecified atom stereocenters. The van der Waals surface area contributed by atoms with E-state index in [-0.39, 0.29) is 12.6 Å². The average Bonchev–Trinajstić information content (AvgIpc) is 3.30. The van der Waals surface area contributed by atoms with Crippen molar-refractivity contribution in [1.29, 1.82) is 0 Å². The highest BCUT2D eigenvalue weighted by Gasteiger charge is 2.44. The third-order valence-electron chi connectivity index (χ3n) is 5.24. The summed E-state index contributed by atoms with van der Waals surface area (Å²) in [5, 5.41) is 33.2. The van der Waals surface area contributed by atoms with Gasteiger partial charge in [0.15, 0.2) is 23.2 Å². The second-order valence-corrected chi connectivity index (χ2v) is 7.17. The fourth-order valence-corrected chi connectivity index (χ4v) is 3.71. The molecular weight excluding hydrogens is 374 g/mol. The van der Waals surface area contributed by atoms with Gasteiger partial charge >= 0.3 is 0 Å². The molecule has 1 aliphatic heterocycles. The molecule has 4 N–H and O–H groups in total. The minimum atomic E-state index is -1.20. The van der Waals surface area contributed by atoms with E-state index in [0.717, 1.165) is 18.4 Å². The first kappa shape index (κ1) is 19.7. The van der Waals surface area contributed by atoms with Crippen LogP contribution in [0.15, 0.2) is 43.0 Å². The lowest BCUT2D eigenvalue weighted by Gasteiger charge is -2.20. The number of fused-ring (bicyclic) bond motifs is 1. The number of rotatable bonds is 7. The summed E-state index contributed by atoms with van der Waals surface area (Å²) < 4.78 is 7.17. The monoisotopic (exact) mass is 399 g/mol. The standard InChI is InChI=1S/C20H25N5O4/c1-2-6-13(12-7-4-3-5-8-12)24-18-15-19(22-10-21-18)25(11-23-15)20-17(28)16(27)14(9-26)29-20/h3-5,7-8,10-11,13-14,16-17,20,26-28H,2,6,9H2,1H3,(H,21,22,24)/t13?,14-,16+,17+,20-/m1/s1. The summed E-state index contributed by atoms with van der Waals surface area (Å²) in [7, 11) is 0. The molecule has 154 valence electrons. The molecule has 1 fully saturated rings. The summed E-state index contributed by atoms with van der Waals surface area (Å²) in [6, 6.07) is 10.2. The Morgan fingerprint density at radius 1 is 1.14 bits per heavy atom. The van der Waals surface area contributed by atoms with E-state index in [9.17, 15) is 15.3 Å².